The number of unbranched alkanes of at least 4 members (excludes halogenated alkanes) is 11. The van der Waals surface area contributed by atoms with Crippen molar-refractivity contribution in [1.82, 2.24) is 4.90 Å². The molecule has 1 rings (SSSR count). The van der Waals surface area contributed by atoms with Gasteiger partial charge in [0, 0.05) is 6.04 Å². The molecule has 2 unspecified atom stereocenters. The van der Waals surface area contributed by atoms with Crippen molar-refractivity contribution in [2.24, 2.45) is 0 Å². The lowest BCUT2D eigenvalue weighted by Crippen LogP contribution is -2.35. The molecule has 1 aromatic carbocycles. The lowest BCUT2D eigenvalue weighted by atomic mass is 10.0. The first-order chi connectivity index (χ1) is 12.7. The van der Waals surface area contributed by atoms with Crippen molar-refractivity contribution in [1.29, 1.82) is 0 Å². The Hall–Kier alpha value is -0.570. The lowest BCUT2D eigenvalue weighted by Gasteiger charge is -2.29. The Morgan fingerprint density at radius 3 is 1.70 bits per heavy atom. The molecule has 3 heteroatoms. The van der Waals surface area contributed by atoms with Crippen LogP contribution in [0.15, 0.2) is 30.3 Å². The summed E-state index contributed by atoms with van der Waals surface area (Å²) in [7, 11) is 2.13. The van der Waals surface area contributed by atoms with Crippen LogP contribution < -0.4 is 0 Å². The fourth-order valence-corrected chi connectivity index (χ4v) is 3.58. The normalized spacial score (nSPS) is 13.4. The second kappa shape index (κ2) is 17.5. The molecule has 0 aromatic heterocycles. The third kappa shape index (κ3) is 12.5. The Bertz CT molecular complexity index is 426. The highest BCUT2D eigenvalue weighted by Crippen LogP contribution is 2.20. The van der Waals surface area contributed by atoms with Crippen molar-refractivity contribution in [3.63, 3.8) is 0 Å². The highest BCUT2D eigenvalue weighted by atomic mass is 35.5. The number of halogens is 1. The Labute approximate surface area is 175 Å². The van der Waals surface area contributed by atoms with Crippen LogP contribution in [-0.2, 0) is 0 Å². The minimum Gasteiger partial charge on any atom is -0.387 e. The van der Waals surface area contributed by atoms with Gasteiger partial charge in [-0.2, -0.15) is 0 Å². The van der Waals surface area contributed by atoms with E-state index in [0.29, 0.717) is 0 Å². The topological polar surface area (TPSA) is 23.5 Å². The molecular formula is C24H44ClNO. The van der Waals surface area contributed by atoms with E-state index in [-0.39, 0.29) is 18.4 Å². The van der Waals surface area contributed by atoms with E-state index < -0.39 is 6.10 Å². The summed E-state index contributed by atoms with van der Waals surface area (Å²) >= 11 is 0. The Balaban J connectivity index is 0.00000676. The highest BCUT2D eigenvalue weighted by molar-refractivity contribution is 5.85. The van der Waals surface area contributed by atoms with E-state index in [0.717, 1.165) is 12.1 Å². The number of aliphatic hydroxyl groups excluding tert-OH is 1. The van der Waals surface area contributed by atoms with Gasteiger partial charge < -0.3 is 10.0 Å². The van der Waals surface area contributed by atoms with Crippen LogP contribution in [0.25, 0.3) is 0 Å². The first kappa shape index (κ1) is 26.4. The van der Waals surface area contributed by atoms with E-state index >= 15 is 0 Å². The summed E-state index contributed by atoms with van der Waals surface area (Å²) in [6, 6.07) is 10.2. The third-order valence-electron chi connectivity index (χ3n) is 5.66. The van der Waals surface area contributed by atoms with Gasteiger partial charge >= 0.3 is 0 Å². The van der Waals surface area contributed by atoms with Crippen molar-refractivity contribution in [2.45, 2.75) is 103 Å². The van der Waals surface area contributed by atoms with Crippen LogP contribution >= 0.6 is 12.4 Å². The van der Waals surface area contributed by atoms with Crippen LogP contribution in [-0.4, -0.2) is 29.6 Å². The molecule has 2 nitrogen and oxygen atoms in total. The first-order valence-electron chi connectivity index (χ1n) is 11.1. The number of nitrogens with zero attached hydrogens (tertiary/aromatic N) is 1. The van der Waals surface area contributed by atoms with Crippen LogP contribution in [0.2, 0.25) is 0 Å². The molecule has 0 aliphatic carbocycles. The maximum absolute atomic E-state index is 10.5. The number of likely N-dealkylation sites (N-methyl/N-ethyl adjacent to an activating group) is 1. The molecule has 0 bridgehead atoms. The van der Waals surface area contributed by atoms with E-state index in [1.54, 1.807) is 0 Å². The average Bonchev–Trinajstić information content (AvgIpc) is 2.68. The predicted molar refractivity (Wildman–Crippen MR) is 122 cm³/mol. The minimum atomic E-state index is -0.404. The fraction of sp³-hybridized carbons (Fsp3) is 0.750. The smallest absolute Gasteiger partial charge is 0.0942 e. The molecular weight excluding hydrogens is 354 g/mol. The standard InChI is InChI=1S/C24H43NO.ClH/c1-4-5-6-7-8-9-10-11-12-13-14-18-21-25(3)22(2)24(26)23-19-16-15-17-20-23;/h15-17,19-20,22,24,26H,4-14,18,21H2,1-3H3;1H. The second-order valence-corrected chi connectivity index (χ2v) is 7.97. The molecule has 0 amide bonds. The van der Waals surface area contributed by atoms with E-state index in [1.807, 2.05) is 30.3 Å². The van der Waals surface area contributed by atoms with E-state index in [1.165, 1.54) is 77.0 Å². The lowest BCUT2D eigenvalue weighted by molar-refractivity contribution is 0.0716. The van der Waals surface area contributed by atoms with Crippen molar-refractivity contribution in [2.75, 3.05) is 13.6 Å². The summed E-state index contributed by atoms with van der Waals surface area (Å²) < 4.78 is 0. The maximum Gasteiger partial charge on any atom is 0.0942 e. The van der Waals surface area contributed by atoms with Gasteiger partial charge in [-0.3, -0.25) is 0 Å². The molecule has 158 valence electrons. The SMILES string of the molecule is CCCCCCCCCCCCCCN(C)C(C)C(O)c1ccccc1.Cl. The summed E-state index contributed by atoms with van der Waals surface area (Å²) in [6.07, 6.45) is 16.2. The molecule has 0 aliphatic heterocycles. The van der Waals surface area contributed by atoms with Gasteiger partial charge in [-0.25, -0.2) is 0 Å². The number of hydrogen-bond acceptors (Lipinski definition) is 2. The van der Waals surface area contributed by atoms with Crippen LogP contribution in [0.5, 0.6) is 0 Å². The van der Waals surface area contributed by atoms with Crippen LogP contribution in [0, 0.1) is 0 Å². The van der Waals surface area contributed by atoms with Crippen molar-refractivity contribution in [3.05, 3.63) is 35.9 Å². The second-order valence-electron chi connectivity index (χ2n) is 7.97. The fourth-order valence-electron chi connectivity index (χ4n) is 3.58. The molecule has 2 atom stereocenters. The minimum absolute atomic E-state index is 0. The molecule has 0 saturated carbocycles. The first-order valence-corrected chi connectivity index (χ1v) is 11.1. The summed E-state index contributed by atoms with van der Waals surface area (Å²) in [5.74, 6) is 0. The van der Waals surface area contributed by atoms with E-state index in [4.69, 9.17) is 0 Å². The average molecular weight is 398 g/mol. The highest BCUT2D eigenvalue weighted by Gasteiger charge is 2.19. The maximum atomic E-state index is 10.5. The Morgan fingerprint density at radius 2 is 1.22 bits per heavy atom. The summed E-state index contributed by atoms with van der Waals surface area (Å²) in [5.41, 5.74) is 1.02. The van der Waals surface area contributed by atoms with E-state index in [9.17, 15) is 5.11 Å². The van der Waals surface area contributed by atoms with Gasteiger partial charge in [-0.05, 0) is 32.5 Å². The third-order valence-corrected chi connectivity index (χ3v) is 5.66. The molecule has 1 N–H and O–H groups in total. The van der Waals surface area contributed by atoms with Gasteiger partial charge in [0.25, 0.3) is 0 Å². The molecule has 1 aromatic rings. The molecule has 0 heterocycles. The summed E-state index contributed by atoms with van der Waals surface area (Å²) in [5, 5.41) is 10.5. The molecule has 27 heavy (non-hydrogen) atoms. The molecule has 0 spiro atoms. The summed E-state index contributed by atoms with van der Waals surface area (Å²) in [4.78, 5) is 2.30. The largest absolute Gasteiger partial charge is 0.387 e. The number of rotatable bonds is 16. The Morgan fingerprint density at radius 1 is 0.778 bits per heavy atom. The zero-order chi connectivity index (χ0) is 19.0. The number of hydrogen-bond donors (Lipinski definition) is 1. The molecule has 0 fully saturated rings. The van der Waals surface area contributed by atoms with Crippen LogP contribution in [0.4, 0.5) is 0 Å². The van der Waals surface area contributed by atoms with Crippen molar-refractivity contribution in [3.8, 4) is 0 Å². The van der Waals surface area contributed by atoms with Crippen LogP contribution in [0.3, 0.4) is 0 Å². The van der Waals surface area contributed by atoms with Crippen molar-refractivity contribution < 1.29 is 5.11 Å². The zero-order valence-corrected chi connectivity index (χ0v) is 18.9. The van der Waals surface area contributed by atoms with Gasteiger partial charge in [-0.1, -0.05) is 108 Å². The van der Waals surface area contributed by atoms with Crippen molar-refractivity contribution >= 4 is 12.4 Å². The monoisotopic (exact) mass is 397 g/mol. The molecule has 0 aliphatic rings. The molecule has 0 radical (unpaired) electrons. The number of aliphatic hydroxyl groups is 1. The van der Waals surface area contributed by atoms with Crippen LogP contribution in [0.1, 0.15) is 103 Å². The van der Waals surface area contributed by atoms with Gasteiger partial charge in [0.15, 0.2) is 0 Å². The van der Waals surface area contributed by atoms with Gasteiger partial charge in [0.05, 0.1) is 6.10 Å². The van der Waals surface area contributed by atoms with E-state index in [2.05, 4.69) is 25.8 Å². The van der Waals surface area contributed by atoms with Gasteiger partial charge in [0.2, 0.25) is 0 Å². The quantitative estimate of drug-likeness (QED) is 0.299. The van der Waals surface area contributed by atoms with Gasteiger partial charge in [0.1, 0.15) is 0 Å². The Kier molecular flexibility index (Phi) is 17.2. The zero-order valence-electron chi connectivity index (χ0n) is 18.0. The summed E-state index contributed by atoms with van der Waals surface area (Å²) in [6.45, 7) is 5.48. The number of benzene rings is 1. The van der Waals surface area contributed by atoms with Gasteiger partial charge in [-0.15, -0.1) is 12.4 Å². The predicted octanol–water partition coefficient (Wildman–Crippen LogP) is 7.16. The molecule has 0 saturated heterocycles.